The minimum atomic E-state index is 0.468. The molecule has 0 heterocycles. The summed E-state index contributed by atoms with van der Waals surface area (Å²) in [6.45, 7) is 5.42. The van der Waals surface area contributed by atoms with Gasteiger partial charge in [0.1, 0.15) is 0 Å². The van der Waals surface area contributed by atoms with Gasteiger partial charge in [-0.05, 0) is 33.7 Å². The number of nitrogens with zero attached hydrogens (tertiary/aromatic N) is 1. The lowest BCUT2D eigenvalue weighted by Gasteiger charge is -2.35. The molecule has 0 bridgehead atoms. The SMILES string of the molecule is CC#CCCN(C)C1(C)CCCC1. The zero-order chi connectivity index (χ0) is 9.73. The third-order valence-corrected chi connectivity index (χ3v) is 3.35. The minimum absolute atomic E-state index is 0.468. The van der Waals surface area contributed by atoms with Crippen molar-refractivity contribution in [3.63, 3.8) is 0 Å². The molecule has 0 saturated heterocycles. The molecule has 1 heteroatoms. The van der Waals surface area contributed by atoms with Crippen molar-refractivity contribution < 1.29 is 0 Å². The van der Waals surface area contributed by atoms with Gasteiger partial charge < -0.3 is 4.90 Å². The van der Waals surface area contributed by atoms with Crippen LogP contribution in [0.2, 0.25) is 0 Å². The van der Waals surface area contributed by atoms with Gasteiger partial charge in [0.15, 0.2) is 0 Å². The van der Waals surface area contributed by atoms with E-state index in [1.165, 1.54) is 25.7 Å². The van der Waals surface area contributed by atoms with Gasteiger partial charge in [-0.1, -0.05) is 12.8 Å². The van der Waals surface area contributed by atoms with E-state index in [2.05, 4.69) is 30.7 Å². The molecule has 13 heavy (non-hydrogen) atoms. The van der Waals surface area contributed by atoms with Crippen LogP contribution < -0.4 is 0 Å². The largest absolute Gasteiger partial charge is 0.300 e. The van der Waals surface area contributed by atoms with E-state index < -0.39 is 0 Å². The van der Waals surface area contributed by atoms with Crippen molar-refractivity contribution in [2.75, 3.05) is 13.6 Å². The second kappa shape index (κ2) is 4.67. The Hall–Kier alpha value is -0.480. The Morgan fingerprint density at radius 2 is 1.92 bits per heavy atom. The van der Waals surface area contributed by atoms with Gasteiger partial charge in [0, 0.05) is 18.5 Å². The maximum absolute atomic E-state index is 3.13. The van der Waals surface area contributed by atoms with Crippen LogP contribution in [0.1, 0.15) is 46.0 Å². The first-order valence-corrected chi connectivity index (χ1v) is 5.30. The van der Waals surface area contributed by atoms with Crippen molar-refractivity contribution in [1.29, 1.82) is 0 Å². The van der Waals surface area contributed by atoms with Crippen LogP contribution >= 0.6 is 0 Å². The molecule has 1 fully saturated rings. The summed E-state index contributed by atoms with van der Waals surface area (Å²) in [5, 5.41) is 0. The average Bonchev–Trinajstić information content (AvgIpc) is 2.54. The summed E-state index contributed by atoms with van der Waals surface area (Å²) in [5.74, 6) is 6.08. The van der Waals surface area contributed by atoms with Crippen molar-refractivity contribution in [3.8, 4) is 11.8 Å². The summed E-state index contributed by atoms with van der Waals surface area (Å²) < 4.78 is 0. The molecule has 0 aliphatic heterocycles. The molecule has 1 rings (SSSR count). The van der Waals surface area contributed by atoms with Gasteiger partial charge in [-0.15, -0.1) is 11.8 Å². The fourth-order valence-corrected chi connectivity index (χ4v) is 2.14. The van der Waals surface area contributed by atoms with Crippen molar-refractivity contribution in [3.05, 3.63) is 0 Å². The highest BCUT2D eigenvalue weighted by Gasteiger charge is 2.31. The molecule has 1 aliphatic rings. The standard InChI is InChI=1S/C12H21N/c1-4-5-8-11-13(3)12(2)9-6-7-10-12/h6-11H2,1-3H3. The molecular formula is C12H21N. The maximum Gasteiger partial charge on any atom is 0.0217 e. The highest BCUT2D eigenvalue weighted by atomic mass is 15.2. The van der Waals surface area contributed by atoms with E-state index in [0.717, 1.165) is 13.0 Å². The van der Waals surface area contributed by atoms with E-state index >= 15 is 0 Å². The van der Waals surface area contributed by atoms with Crippen molar-refractivity contribution in [2.45, 2.75) is 51.5 Å². The van der Waals surface area contributed by atoms with Crippen LogP contribution in [-0.4, -0.2) is 24.0 Å². The Bertz CT molecular complexity index is 203. The fraction of sp³-hybridized carbons (Fsp3) is 0.833. The minimum Gasteiger partial charge on any atom is -0.300 e. The first-order chi connectivity index (χ1) is 6.19. The monoisotopic (exact) mass is 179 g/mol. The summed E-state index contributed by atoms with van der Waals surface area (Å²) in [6.07, 6.45) is 6.55. The second-order valence-corrected chi connectivity index (χ2v) is 4.30. The Labute approximate surface area is 82.5 Å². The van der Waals surface area contributed by atoms with Crippen LogP contribution in [0.15, 0.2) is 0 Å². The lowest BCUT2D eigenvalue weighted by molar-refractivity contribution is 0.147. The Balaban J connectivity index is 2.35. The van der Waals surface area contributed by atoms with Crippen molar-refractivity contribution >= 4 is 0 Å². The van der Waals surface area contributed by atoms with Gasteiger partial charge in [-0.3, -0.25) is 0 Å². The lowest BCUT2D eigenvalue weighted by atomic mass is 9.98. The summed E-state index contributed by atoms with van der Waals surface area (Å²) >= 11 is 0. The first-order valence-electron chi connectivity index (χ1n) is 5.30. The van der Waals surface area contributed by atoms with Gasteiger partial charge >= 0.3 is 0 Å². The highest BCUT2D eigenvalue weighted by molar-refractivity contribution is 4.97. The van der Waals surface area contributed by atoms with Gasteiger partial charge in [-0.25, -0.2) is 0 Å². The smallest absolute Gasteiger partial charge is 0.0217 e. The molecule has 0 aromatic heterocycles. The molecule has 1 aliphatic carbocycles. The Morgan fingerprint density at radius 3 is 2.46 bits per heavy atom. The van der Waals surface area contributed by atoms with E-state index in [-0.39, 0.29) is 0 Å². The quantitative estimate of drug-likeness (QED) is 0.602. The molecule has 1 nitrogen and oxygen atoms in total. The highest BCUT2D eigenvalue weighted by Crippen LogP contribution is 2.33. The number of rotatable bonds is 3. The molecule has 0 amide bonds. The average molecular weight is 179 g/mol. The van der Waals surface area contributed by atoms with E-state index in [9.17, 15) is 0 Å². The summed E-state index contributed by atoms with van der Waals surface area (Å²) in [5.41, 5.74) is 0.468. The van der Waals surface area contributed by atoms with Crippen LogP contribution in [0.3, 0.4) is 0 Å². The van der Waals surface area contributed by atoms with Crippen LogP contribution in [0.25, 0.3) is 0 Å². The van der Waals surface area contributed by atoms with Gasteiger partial charge in [0.05, 0.1) is 0 Å². The van der Waals surface area contributed by atoms with E-state index in [4.69, 9.17) is 0 Å². The molecule has 0 aromatic carbocycles. The molecule has 0 aromatic rings. The molecule has 1 saturated carbocycles. The number of hydrogen-bond acceptors (Lipinski definition) is 1. The zero-order valence-corrected chi connectivity index (χ0v) is 9.19. The normalized spacial score (nSPS) is 20.0. The van der Waals surface area contributed by atoms with Crippen LogP contribution in [-0.2, 0) is 0 Å². The maximum atomic E-state index is 3.13. The number of hydrogen-bond donors (Lipinski definition) is 0. The van der Waals surface area contributed by atoms with E-state index in [1.807, 2.05) is 6.92 Å². The summed E-state index contributed by atoms with van der Waals surface area (Å²) in [4.78, 5) is 2.49. The lowest BCUT2D eigenvalue weighted by Crippen LogP contribution is -2.41. The molecule has 0 spiro atoms. The Kier molecular flexibility index (Phi) is 3.81. The molecule has 0 atom stereocenters. The molecule has 74 valence electrons. The van der Waals surface area contributed by atoms with Crippen LogP contribution in [0.4, 0.5) is 0 Å². The first kappa shape index (κ1) is 10.6. The Morgan fingerprint density at radius 1 is 1.31 bits per heavy atom. The summed E-state index contributed by atoms with van der Waals surface area (Å²) in [7, 11) is 2.24. The molecule has 0 radical (unpaired) electrons. The van der Waals surface area contributed by atoms with Crippen molar-refractivity contribution in [2.24, 2.45) is 0 Å². The zero-order valence-electron chi connectivity index (χ0n) is 9.19. The van der Waals surface area contributed by atoms with E-state index in [0.29, 0.717) is 5.54 Å². The predicted octanol–water partition coefficient (Wildman–Crippen LogP) is 2.66. The van der Waals surface area contributed by atoms with Gasteiger partial charge in [0.2, 0.25) is 0 Å². The molecular weight excluding hydrogens is 158 g/mol. The third kappa shape index (κ3) is 2.74. The van der Waals surface area contributed by atoms with Crippen LogP contribution in [0.5, 0.6) is 0 Å². The topological polar surface area (TPSA) is 3.24 Å². The third-order valence-electron chi connectivity index (χ3n) is 3.35. The molecule has 0 N–H and O–H groups in total. The summed E-state index contributed by atoms with van der Waals surface area (Å²) in [6, 6.07) is 0. The van der Waals surface area contributed by atoms with Gasteiger partial charge in [-0.2, -0.15) is 0 Å². The van der Waals surface area contributed by atoms with Crippen molar-refractivity contribution in [1.82, 2.24) is 4.90 Å². The fourth-order valence-electron chi connectivity index (χ4n) is 2.14. The van der Waals surface area contributed by atoms with Gasteiger partial charge in [0.25, 0.3) is 0 Å². The second-order valence-electron chi connectivity index (χ2n) is 4.30. The predicted molar refractivity (Wildman–Crippen MR) is 57.6 cm³/mol. The van der Waals surface area contributed by atoms with Crippen LogP contribution in [0, 0.1) is 11.8 Å². The molecule has 0 unspecified atom stereocenters. The van der Waals surface area contributed by atoms with E-state index in [1.54, 1.807) is 0 Å².